The van der Waals surface area contributed by atoms with E-state index in [-0.39, 0.29) is 5.56 Å². The zero-order valence-corrected chi connectivity index (χ0v) is 10.1. The van der Waals surface area contributed by atoms with Crippen molar-refractivity contribution in [2.75, 3.05) is 11.1 Å². The first kappa shape index (κ1) is 12.0. The summed E-state index contributed by atoms with van der Waals surface area (Å²) in [7, 11) is 1.81. The number of carboxylic acid groups (broad SMARTS) is 1. The monoisotopic (exact) mass is 246 g/mol. The molecule has 0 atom stereocenters. The number of nitrogens with one attached hydrogen (secondary N) is 1. The Hall–Kier alpha value is -2.50. The predicted octanol–water partition coefficient (Wildman–Crippen LogP) is 1.75. The van der Waals surface area contributed by atoms with E-state index < -0.39 is 5.97 Å². The van der Waals surface area contributed by atoms with Gasteiger partial charge in [-0.15, -0.1) is 0 Å². The first-order chi connectivity index (χ1) is 8.47. The number of carbonyl (C=O) groups is 1. The molecule has 0 aliphatic carbocycles. The average molecular weight is 246 g/mol. The summed E-state index contributed by atoms with van der Waals surface area (Å²) in [5.41, 5.74) is 8.30. The molecule has 0 saturated carbocycles. The maximum atomic E-state index is 11.1. The van der Waals surface area contributed by atoms with Crippen molar-refractivity contribution in [3.05, 3.63) is 35.7 Å². The van der Waals surface area contributed by atoms with Crippen LogP contribution in [0.3, 0.4) is 0 Å². The lowest BCUT2D eigenvalue weighted by Crippen LogP contribution is -2.05. The van der Waals surface area contributed by atoms with Gasteiger partial charge in [0, 0.05) is 24.6 Å². The summed E-state index contributed by atoms with van der Waals surface area (Å²) in [4.78, 5) is 11.1. The molecule has 2 aromatic rings. The Morgan fingerprint density at radius 1 is 1.44 bits per heavy atom. The van der Waals surface area contributed by atoms with Crippen LogP contribution in [0.5, 0.6) is 0 Å². The summed E-state index contributed by atoms with van der Waals surface area (Å²) in [5, 5.41) is 16.2. The highest BCUT2D eigenvalue weighted by Crippen LogP contribution is 2.25. The van der Waals surface area contributed by atoms with Gasteiger partial charge in [0.25, 0.3) is 0 Å². The zero-order valence-electron chi connectivity index (χ0n) is 10.1. The van der Waals surface area contributed by atoms with Crippen LogP contribution in [0.15, 0.2) is 24.5 Å². The molecule has 94 valence electrons. The van der Waals surface area contributed by atoms with Crippen molar-refractivity contribution in [3.63, 3.8) is 0 Å². The normalized spacial score (nSPS) is 10.3. The van der Waals surface area contributed by atoms with Gasteiger partial charge in [-0.3, -0.25) is 4.68 Å². The molecule has 4 N–H and O–H groups in total. The van der Waals surface area contributed by atoms with Crippen molar-refractivity contribution in [1.29, 1.82) is 0 Å². The average Bonchev–Trinajstić information content (AvgIpc) is 2.68. The Bertz CT molecular complexity index is 604. The number of aromatic nitrogens is 2. The fourth-order valence-corrected chi connectivity index (χ4v) is 1.70. The van der Waals surface area contributed by atoms with E-state index in [1.54, 1.807) is 30.1 Å². The number of rotatable bonds is 3. The molecule has 0 fully saturated rings. The van der Waals surface area contributed by atoms with Gasteiger partial charge in [-0.25, -0.2) is 4.79 Å². The zero-order chi connectivity index (χ0) is 13.3. The fraction of sp³-hybridized carbons (Fsp3) is 0.167. The van der Waals surface area contributed by atoms with E-state index >= 15 is 0 Å². The van der Waals surface area contributed by atoms with Gasteiger partial charge in [-0.2, -0.15) is 5.10 Å². The van der Waals surface area contributed by atoms with E-state index in [1.165, 1.54) is 6.07 Å². The van der Waals surface area contributed by atoms with Crippen LogP contribution in [0.2, 0.25) is 0 Å². The van der Waals surface area contributed by atoms with Crippen molar-refractivity contribution in [1.82, 2.24) is 9.78 Å². The van der Waals surface area contributed by atoms with Crippen LogP contribution in [0.1, 0.15) is 15.9 Å². The molecule has 2 rings (SSSR count). The number of hydrogen-bond acceptors (Lipinski definition) is 4. The van der Waals surface area contributed by atoms with Crippen LogP contribution >= 0.6 is 0 Å². The highest BCUT2D eigenvalue weighted by molar-refractivity contribution is 5.96. The second-order valence-corrected chi connectivity index (χ2v) is 4.09. The third-order valence-electron chi connectivity index (χ3n) is 2.61. The molecule has 6 heteroatoms. The third kappa shape index (κ3) is 2.27. The van der Waals surface area contributed by atoms with E-state index in [4.69, 9.17) is 10.8 Å². The van der Waals surface area contributed by atoms with Gasteiger partial charge in [-0.1, -0.05) is 0 Å². The lowest BCUT2D eigenvalue weighted by atomic mass is 10.1. The van der Waals surface area contributed by atoms with Crippen LogP contribution in [-0.4, -0.2) is 20.9 Å². The molecule has 0 amide bonds. The Morgan fingerprint density at radius 3 is 2.72 bits per heavy atom. The van der Waals surface area contributed by atoms with E-state index in [0.29, 0.717) is 11.4 Å². The van der Waals surface area contributed by atoms with Crippen LogP contribution in [-0.2, 0) is 7.05 Å². The number of nitrogen functional groups attached to an aromatic ring is 1. The number of hydrogen-bond donors (Lipinski definition) is 3. The highest BCUT2D eigenvalue weighted by Gasteiger charge is 2.12. The lowest BCUT2D eigenvalue weighted by molar-refractivity contribution is 0.0698. The highest BCUT2D eigenvalue weighted by atomic mass is 16.4. The number of anilines is 3. The van der Waals surface area contributed by atoms with Crippen LogP contribution in [0, 0.1) is 6.92 Å². The van der Waals surface area contributed by atoms with E-state index in [9.17, 15) is 4.79 Å². The summed E-state index contributed by atoms with van der Waals surface area (Å²) >= 11 is 0. The Labute approximate surface area is 104 Å². The SMILES string of the molecule is Cc1cc(Nc2cnn(C)c2)cc(C(=O)O)c1N. The van der Waals surface area contributed by atoms with Gasteiger partial charge >= 0.3 is 5.97 Å². The molecule has 0 radical (unpaired) electrons. The number of aromatic carboxylic acids is 1. The van der Waals surface area contributed by atoms with E-state index in [0.717, 1.165) is 11.3 Å². The predicted molar refractivity (Wildman–Crippen MR) is 69.0 cm³/mol. The molecule has 0 saturated heterocycles. The van der Waals surface area contributed by atoms with E-state index in [2.05, 4.69) is 10.4 Å². The minimum atomic E-state index is -1.04. The van der Waals surface area contributed by atoms with Gasteiger partial charge in [-0.05, 0) is 24.6 Å². The maximum absolute atomic E-state index is 11.1. The number of nitrogens with two attached hydrogens (primary N) is 1. The summed E-state index contributed by atoms with van der Waals surface area (Å²) in [5.74, 6) is -1.04. The summed E-state index contributed by atoms with van der Waals surface area (Å²) < 4.78 is 1.66. The number of nitrogens with zero attached hydrogens (tertiary/aromatic N) is 2. The van der Waals surface area contributed by atoms with Gasteiger partial charge in [0.2, 0.25) is 0 Å². The first-order valence-electron chi connectivity index (χ1n) is 5.36. The molecule has 0 aliphatic heterocycles. The van der Waals surface area contributed by atoms with Crippen molar-refractivity contribution < 1.29 is 9.90 Å². The van der Waals surface area contributed by atoms with Crippen molar-refractivity contribution in [2.45, 2.75) is 6.92 Å². The standard InChI is InChI=1S/C12H14N4O2/c1-7-3-8(4-10(11(7)13)12(17)18)15-9-5-14-16(2)6-9/h3-6,15H,13H2,1-2H3,(H,17,18). The second kappa shape index (κ2) is 4.40. The lowest BCUT2D eigenvalue weighted by Gasteiger charge is -2.10. The molecule has 0 bridgehead atoms. The van der Waals surface area contributed by atoms with Crippen molar-refractivity contribution >= 4 is 23.0 Å². The van der Waals surface area contributed by atoms with Crippen LogP contribution < -0.4 is 11.1 Å². The summed E-state index contributed by atoms with van der Waals surface area (Å²) in [6.45, 7) is 1.77. The van der Waals surface area contributed by atoms with Gasteiger partial charge < -0.3 is 16.2 Å². The molecule has 18 heavy (non-hydrogen) atoms. The molecular formula is C12H14N4O2. The number of benzene rings is 1. The van der Waals surface area contributed by atoms with Gasteiger partial charge in [0.15, 0.2) is 0 Å². The molecule has 1 aromatic heterocycles. The fourth-order valence-electron chi connectivity index (χ4n) is 1.70. The van der Waals surface area contributed by atoms with E-state index in [1.807, 2.05) is 7.05 Å². The Kier molecular flexibility index (Phi) is 2.93. The molecule has 0 aliphatic rings. The molecule has 1 heterocycles. The number of aryl methyl sites for hydroxylation is 2. The Balaban J connectivity index is 2.37. The van der Waals surface area contributed by atoms with Crippen molar-refractivity contribution in [2.24, 2.45) is 7.05 Å². The smallest absolute Gasteiger partial charge is 0.337 e. The van der Waals surface area contributed by atoms with Crippen LogP contribution in [0.4, 0.5) is 17.1 Å². The minimum Gasteiger partial charge on any atom is -0.478 e. The molecule has 0 unspecified atom stereocenters. The topological polar surface area (TPSA) is 93.2 Å². The molecule has 0 spiro atoms. The maximum Gasteiger partial charge on any atom is 0.337 e. The molecular weight excluding hydrogens is 232 g/mol. The van der Waals surface area contributed by atoms with Gasteiger partial charge in [0.05, 0.1) is 17.4 Å². The quantitative estimate of drug-likeness (QED) is 0.717. The molecule has 6 nitrogen and oxygen atoms in total. The largest absolute Gasteiger partial charge is 0.478 e. The minimum absolute atomic E-state index is 0.0985. The Morgan fingerprint density at radius 2 is 2.17 bits per heavy atom. The van der Waals surface area contributed by atoms with Gasteiger partial charge in [0.1, 0.15) is 0 Å². The van der Waals surface area contributed by atoms with Crippen LogP contribution in [0.25, 0.3) is 0 Å². The third-order valence-corrected chi connectivity index (χ3v) is 2.61. The molecule has 1 aromatic carbocycles. The first-order valence-corrected chi connectivity index (χ1v) is 5.36. The summed E-state index contributed by atoms with van der Waals surface area (Å²) in [6, 6.07) is 3.31. The second-order valence-electron chi connectivity index (χ2n) is 4.09. The van der Waals surface area contributed by atoms with Crippen molar-refractivity contribution in [3.8, 4) is 0 Å². The number of carboxylic acids is 1. The summed E-state index contributed by atoms with van der Waals surface area (Å²) in [6.07, 6.45) is 3.46.